The van der Waals surface area contributed by atoms with E-state index in [9.17, 15) is 27.5 Å². The third-order valence-corrected chi connectivity index (χ3v) is 8.19. The van der Waals surface area contributed by atoms with Crippen molar-refractivity contribution in [2.45, 2.75) is 83.9 Å². The van der Waals surface area contributed by atoms with Crippen molar-refractivity contribution in [1.82, 2.24) is 5.32 Å². The first-order chi connectivity index (χ1) is 16.4. The molecule has 0 bridgehead atoms. The summed E-state index contributed by atoms with van der Waals surface area (Å²) in [5, 5.41) is 14.5. The summed E-state index contributed by atoms with van der Waals surface area (Å²) in [7, 11) is 0. The Labute approximate surface area is 203 Å². The van der Waals surface area contributed by atoms with Crippen molar-refractivity contribution in [2.75, 3.05) is 0 Å². The summed E-state index contributed by atoms with van der Waals surface area (Å²) in [6.07, 6.45) is -3.27. The summed E-state index contributed by atoms with van der Waals surface area (Å²) < 4.78 is 58.9. The molecule has 4 nitrogen and oxygen atoms in total. The van der Waals surface area contributed by atoms with Crippen LogP contribution < -0.4 is 10.1 Å². The van der Waals surface area contributed by atoms with Crippen LogP contribution >= 0.6 is 0 Å². The summed E-state index contributed by atoms with van der Waals surface area (Å²) in [4.78, 5) is 11.4. The lowest BCUT2D eigenvalue weighted by Crippen LogP contribution is -2.59. The van der Waals surface area contributed by atoms with E-state index in [1.165, 1.54) is 0 Å². The molecule has 0 amide bonds. The second-order valence-electron chi connectivity index (χ2n) is 10.7. The van der Waals surface area contributed by atoms with E-state index in [1.54, 1.807) is 6.07 Å². The zero-order valence-electron chi connectivity index (χ0n) is 20.3. The minimum absolute atomic E-state index is 0.0213. The molecule has 4 rings (SSSR count). The van der Waals surface area contributed by atoms with Gasteiger partial charge in [-0.3, -0.25) is 4.79 Å². The Balaban J connectivity index is 1.46. The van der Waals surface area contributed by atoms with Crippen molar-refractivity contribution in [1.29, 1.82) is 0 Å². The lowest BCUT2D eigenvalue weighted by molar-refractivity contribution is -0.185. The average Bonchev–Trinajstić information content (AvgIpc) is 2.80. The number of carboxylic acids is 1. The van der Waals surface area contributed by atoms with Gasteiger partial charge in [0, 0.05) is 17.6 Å². The number of aliphatic carboxylic acids is 1. The number of alkyl halides is 4. The van der Waals surface area contributed by atoms with Crippen LogP contribution in [0, 0.1) is 17.3 Å². The Kier molecular flexibility index (Phi) is 7.06. The lowest BCUT2D eigenvalue weighted by Gasteiger charge is -2.51. The standard InChI is InChI=1S/C27H33F4NO3/c1-15(32-24-13-22(25(33)34)26(24,2)3)16-4-10-20-17(12-16)5-11-23(21(20)14-28)35-19-8-6-18(7-9-19)27(29,30)31/h4-5,10-12,15,18-19,22,24,32H,6-9,13-14H2,1-3H3,(H,33,34)/t15?,18-,19+,22?,24?. The van der Waals surface area contributed by atoms with Gasteiger partial charge in [0.15, 0.2) is 0 Å². The van der Waals surface area contributed by atoms with Gasteiger partial charge in [-0.1, -0.05) is 32.0 Å². The van der Waals surface area contributed by atoms with Crippen LogP contribution in [0.3, 0.4) is 0 Å². The fraction of sp³-hybridized carbons (Fsp3) is 0.593. The molecule has 0 radical (unpaired) electrons. The molecule has 0 aromatic heterocycles. The molecular formula is C27H33F4NO3. The molecular weight excluding hydrogens is 462 g/mol. The molecule has 2 N–H and O–H groups in total. The number of halogens is 4. The van der Waals surface area contributed by atoms with Gasteiger partial charge in [0.05, 0.1) is 17.9 Å². The summed E-state index contributed by atoms with van der Waals surface area (Å²) in [5.74, 6) is -2.02. The van der Waals surface area contributed by atoms with Crippen molar-refractivity contribution in [2.24, 2.45) is 17.3 Å². The number of carboxylic acid groups (broad SMARTS) is 1. The largest absolute Gasteiger partial charge is 0.490 e. The molecule has 2 saturated carbocycles. The van der Waals surface area contributed by atoms with Crippen LogP contribution in [0.15, 0.2) is 30.3 Å². The van der Waals surface area contributed by atoms with Crippen molar-refractivity contribution in [3.63, 3.8) is 0 Å². The van der Waals surface area contributed by atoms with E-state index in [4.69, 9.17) is 4.74 Å². The van der Waals surface area contributed by atoms with Gasteiger partial charge in [-0.25, -0.2) is 4.39 Å². The minimum atomic E-state index is -4.17. The van der Waals surface area contributed by atoms with E-state index < -0.39 is 24.7 Å². The van der Waals surface area contributed by atoms with E-state index in [0.29, 0.717) is 30.6 Å². The monoisotopic (exact) mass is 495 g/mol. The topological polar surface area (TPSA) is 58.6 Å². The first-order valence-electron chi connectivity index (χ1n) is 12.3. The molecule has 2 aliphatic carbocycles. The van der Waals surface area contributed by atoms with Crippen LogP contribution in [-0.2, 0) is 11.5 Å². The Morgan fingerprint density at radius 3 is 2.43 bits per heavy atom. The van der Waals surface area contributed by atoms with Crippen molar-refractivity contribution >= 4 is 16.7 Å². The fourth-order valence-corrected chi connectivity index (χ4v) is 5.62. The highest BCUT2D eigenvalue weighted by atomic mass is 19.4. The first kappa shape index (κ1) is 25.7. The Bertz CT molecular complexity index is 1080. The van der Waals surface area contributed by atoms with Gasteiger partial charge in [-0.2, -0.15) is 13.2 Å². The van der Waals surface area contributed by atoms with Gasteiger partial charge >= 0.3 is 12.1 Å². The van der Waals surface area contributed by atoms with Gasteiger partial charge < -0.3 is 15.2 Å². The Morgan fingerprint density at radius 1 is 1.17 bits per heavy atom. The number of fused-ring (bicyclic) bond motifs is 1. The summed E-state index contributed by atoms with van der Waals surface area (Å²) in [5.41, 5.74) is 1.08. The molecule has 35 heavy (non-hydrogen) atoms. The quantitative estimate of drug-likeness (QED) is 0.408. The highest BCUT2D eigenvalue weighted by Crippen LogP contribution is 2.47. The zero-order chi connectivity index (χ0) is 25.5. The molecule has 2 fully saturated rings. The number of hydrogen-bond donors (Lipinski definition) is 2. The Morgan fingerprint density at radius 2 is 1.86 bits per heavy atom. The lowest BCUT2D eigenvalue weighted by atomic mass is 9.58. The third-order valence-electron chi connectivity index (χ3n) is 8.19. The summed E-state index contributed by atoms with van der Waals surface area (Å²) >= 11 is 0. The van der Waals surface area contributed by atoms with Crippen LogP contribution in [0.25, 0.3) is 10.8 Å². The molecule has 2 aliphatic rings. The second kappa shape index (κ2) is 9.60. The fourth-order valence-electron chi connectivity index (χ4n) is 5.62. The number of nitrogens with one attached hydrogen (secondary N) is 1. The van der Waals surface area contributed by atoms with E-state index in [0.717, 1.165) is 16.3 Å². The predicted molar refractivity (Wildman–Crippen MR) is 126 cm³/mol. The zero-order valence-corrected chi connectivity index (χ0v) is 20.3. The highest BCUT2D eigenvalue weighted by Gasteiger charge is 2.52. The van der Waals surface area contributed by atoms with E-state index in [-0.39, 0.29) is 42.4 Å². The van der Waals surface area contributed by atoms with Crippen molar-refractivity contribution in [3.05, 3.63) is 41.5 Å². The number of rotatable bonds is 7. The molecule has 8 heteroatoms. The van der Waals surface area contributed by atoms with Crippen LogP contribution in [0.4, 0.5) is 17.6 Å². The van der Waals surface area contributed by atoms with Crippen molar-refractivity contribution < 1.29 is 32.2 Å². The van der Waals surface area contributed by atoms with Gasteiger partial charge in [0.1, 0.15) is 12.4 Å². The van der Waals surface area contributed by atoms with E-state index in [1.807, 2.05) is 45.0 Å². The molecule has 0 heterocycles. The molecule has 2 aromatic carbocycles. The van der Waals surface area contributed by atoms with Crippen LogP contribution in [0.1, 0.15) is 70.0 Å². The highest BCUT2D eigenvalue weighted by molar-refractivity contribution is 5.88. The normalized spacial score (nSPS) is 27.3. The Hall–Kier alpha value is -2.35. The maximum absolute atomic E-state index is 14.1. The minimum Gasteiger partial charge on any atom is -0.490 e. The molecule has 2 aromatic rings. The van der Waals surface area contributed by atoms with Crippen LogP contribution in [0.2, 0.25) is 0 Å². The molecule has 3 unspecified atom stereocenters. The second-order valence-corrected chi connectivity index (χ2v) is 10.7. The molecule has 3 atom stereocenters. The predicted octanol–water partition coefficient (Wildman–Crippen LogP) is 6.96. The van der Waals surface area contributed by atoms with Gasteiger partial charge in [-0.05, 0) is 72.9 Å². The molecule has 192 valence electrons. The van der Waals surface area contributed by atoms with Gasteiger partial charge in [0.2, 0.25) is 0 Å². The van der Waals surface area contributed by atoms with Gasteiger partial charge in [0.25, 0.3) is 0 Å². The average molecular weight is 496 g/mol. The SMILES string of the molecule is CC(NC1CC(C(=O)O)C1(C)C)c1ccc2c(CF)c(O[C@H]3CC[C@@H](C(F)(F)F)CC3)ccc2c1. The van der Waals surface area contributed by atoms with E-state index in [2.05, 4.69) is 5.32 Å². The van der Waals surface area contributed by atoms with Crippen LogP contribution in [-0.4, -0.2) is 29.4 Å². The van der Waals surface area contributed by atoms with Crippen molar-refractivity contribution in [3.8, 4) is 5.75 Å². The molecule has 0 saturated heterocycles. The first-order valence-corrected chi connectivity index (χ1v) is 12.3. The smallest absolute Gasteiger partial charge is 0.391 e. The third kappa shape index (κ3) is 5.13. The number of ether oxygens (including phenoxy) is 1. The van der Waals surface area contributed by atoms with Crippen LogP contribution in [0.5, 0.6) is 5.75 Å². The maximum atomic E-state index is 14.1. The van der Waals surface area contributed by atoms with E-state index >= 15 is 0 Å². The number of carbonyl (C=O) groups is 1. The number of benzene rings is 2. The van der Waals surface area contributed by atoms with Gasteiger partial charge in [-0.15, -0.1) is 0 Å². The summed E-state index contributed by atoms with van der Waals surface area (Å²) in [6.45, 7) is 5.22. The maximum Gasteiger partial charge on any atom is 0.391 e. The molecule has 0 spiro atoms. The molecule has 0 aliphatic heterocycles. The summed E-state index contributed by atoms with van der Waals surface area (Å²) in [6, 6.07) is 9.40. The number of hydrogen-bond acceptors (Lipinski definition) is 3.